The third kappa shape index (κ3) is 3.65. The molecule has 1 unspecified atom stereocenters. The van der Waals surface area contributed by atoms with Gasteiger partial charge in [0.2, 0.25) is 10.1 Å². The van der Waals surface area contributed by atoms with E-state index in [1.165, 1.54) is 17.8 Å². The summed E-state index contributed by atoms with van der Waals surface area (Å²) in [4.78, 5) is 14.3. The van der Waals surface area contributed by atoms with E-state index in [2.05, 4.69) is 29.4 Å². The van der Waals surface area contributed by atoms with Crippen LogP contribution in [0.5, 0.6) is 0 Å². The number of likely N-dealkylation sites (tertiary alicyclic amines) is 1. The molecule has 1 saturated heterocycles. The Morgan fingerprint density at radius 1 is 1.47 bits per heavy atom. The van der Waals surface area contributed by atoms with Crippen molar-refractivity contribution < 1.29 is 4.79 Å². The number of carbonyl (C=O) groups excluding carboxylic acids is 1. The molecule has 0 radical (unpaired) electrons. The van der Waals surface area contributed by atoms with Gasteiger partial charge in [0.15, 0.2) is 0 Å². The van der Waals surface area contributed by atoms with E-state index in [9.17, 15) is 4.79 Å². The fourth-order valence-electron chi connectivity index (χ4n) is 2.33. The molecule has 1 aromatic heterocycles. The highest BCUT2D eigenvalue weighted by atomic mass is 32.1. The molecule has 2 heterocycles. The van der Waals surface area contributed by atoms with Crippen LogP contribution >= 0.6 is 11.3 Å². The van der Waals surface area contributed by atoms with E-state index in [0.717, 1.165) is 44.0 Å². The molecule has 1 aliphatic heterocycles. The first-order valence-electron chi connectivity index (χ1n) is 7.11. The minimum absolute atomic E-state index is 0.0419. The van der Waals surface area contributed by atoms with Gasteiger partial charge in [-0.1, -0.05) is 31.6 Å². The van der Waals surface area contributed by atoms with Gasteiger partial charge in [-0.2, -0.15) is 0 Å². The molecule has 106 valence electrons. The van der Waals surface area contributed by atoms with Crippen molar-refractivity contribution in [3.05, 3.63) is 5.01 Å². The van der Waals surface area contributed by atoms with E-state index in [1.807, 2.05) is 4.90 Å². The number of carbonyl (C=O) groups is 1. The zero-order valence-electron chi connectivity index (χ0n) is 11.7. The molecule has 1 aliphatic rings. The Morgan fingerprint density at radius 3 is 3.05 bits per heavy atom. The molecule has 19 heavy (non-hydrogen) atoms. The van der Waals surface area contributed by atoms with Gasteiger partial charge >= 0.3 is 0 Å². The molecule has 0 aliphatic carbocycles. The van der Waals surface area contributed by atoms with E-state index in [1.54, 1.807) is 0 Å². The number of anilines is 1. The summed E-state index contributed by atoms with van der Waals surface area (Å²) in [6.07, 6.45) is 4.51. The van der Waals surface area contributed by atoms with E-state index in [0.29, 0.717) is 10.9 Å². The topological polar surface area (TPSA) is 58.1 Å². The molecule has 0 saturated carbocycles. The van der Waals surface area contributed by atoms with Crippen molar-refractivity contribution in [3.63, 3.8) is 0 Å². The summed E-state index contributed by atoms with van der Waals surface area (Å²) in [6.45, 7) is 6.87. The van der Waals surface area contributed by atoms with Crippen LogP contribution < -0.4 is 5.32 Å². The maximum atomic E-state index is 12.4. The highest BCUT2D eigenvalue weighted by molar-refractivity contribution is 7.17. The Labute approximate surface area is 118 Å². The van der Waals surface area contributed by atoms with Crippen LogP contribution in [0.2, 0.25) is 0 Å². The second-order valence-electron chi connectivity index (χ2n) is 5.01. The fourth-order valence-corrected chi connectivity index (χ4v) is 3.07. The number of nitrogens with zero attached hydrogens (tertiary/aromatic N) is 3. The maximum absolute atomic E-state index is 12.4. The molecule has 1 aromatic rings. The van der Waals surface area contributed by atoms with Crippen molar-refractivity contribution in [2.75, 3.05) is 25.0 Å². The first-order valence-corrected chi connectivity index (χ1v) is 7.92. The van der Waals surface area contributed by atoms with Crippen molar-refractivity contribution in [1.29, 1.82) is 0 Å². The van der Waals surface area contributed by atoms with Gasteiger partial charge in [0.05, 0.1) is 0 Å². The lowest BCUT2D eigenvalue weighted by molar-refractivity contribution is 0.0670. The normalized spacial score (nSPS) is 19.5. The molecule has 1 N–H and O–H groups in total. The maximum Gasteiger partial charge on any atom is 0.284 e. The van der Waals surface area contributed by atoms with Crippen molar-refractivity contribution >= 4 is 22.4 Å². The standard InChI is InChI=1S/C13H22N4OS/c1-3-7-14-13-16-15-11(19-13)12(18)17-8-5-6-10(4-2)9-17/h10H,3-9H2,1-2H3,(H,14,16). The van der Waals surface area contributed by atoms with Crippen molar-refractivity contribution in [1.82, 2.24) is 15.1 Å². The number of aromatic nitrogens is 2. The second-order valence-corrected chi connectivity index (χ2v) is 5.98. The first-order chi connectivity index (χ1) is 9.24. The quantitative estimate of drug-likeness (QED) is 0.902. The zero-order valence-corrected chi connectivity index (χ0v) is 12.5. The van der Waals surface area contributed by atoms with Crippen LogP contribution in [-0.4, -0.2) is 40.6 Å². The molecule has 2 rings (SSSR count). The summed E-state index contributed by atoms with van der Waals surface area (Å²) in [7, 11) is 0. The third-order valence-corrected chi connectivity index (χ3v) is 4.39. The summed E-state index contributed by atoms with van der Waals surface area (Å²) >= 11 is 1.36. The van der Waals surface area contributed by atoms with Gasteiger partial charge in [-0.05, 0) is 25.2 Å². The van der Waals surface area contributed by atoms with Gasteiger partial charge in [0.1, 0.15) is 0 Å². The second kappa shape index (κ2) is 6.84. The minimum Gasteiger partial charge on any atom is -0.360 e. The Hall–Kier alpha value is -1.17. The summed E-state index contributed by atoms with van der Waals surface area (Å²) in [5.74, 6) is 0.684. The number of piperidine rings is 1. The average Bonchev–Trinajstić information content (AvgIpc) is 2.93. The molecule has 6 heteroatoms. The average molecular weight is 282 g/mol. The number of hydrogen-bond acceptors (Lipinski definition) is 5. The lowest BCUT2D eigenvalue weighted by Gasteiger charge is -2.31. The van der Waals surface area contributed by atoms with Crippen molar-refractivity contribution in [2.45, 2.75) is 39.5 Å². The summed E-state index contributed by atoms with van der Waals surface area (Å²) < 4.78 is 0. The Kier molecular flexibility index (Phi) is 5.13. The monoisotopic (exact) mass is 282 g/mol. The lowest BCUT2D eigenvalue weighted by atomic mass is 9.96. The van der Waals surface area contributed by atoms with E-state index in [-0.39, 0.29) is 5.91 Å². The van der Waals surface area contributed by atoms with Gasteiger partial charge in [-0.15, -0.1) is 10.2 Å². The molecule has 1 amide bonds. The Morgan fingerprint density at radius 2 is 2.32 bits per heavy atom. The minimum atomic E-state index is 0.0419. The number of hydrogen-bond donors (Lipinski definition) is 1. The van der Waals surface area contributed by atoms with Crippen LogP contribution in [0.4, 0.5) is 5.13 Å². The fraction of sp³-hybridized carbons (Fsp3) is 0.769. The van der Waals surface area contributed by atoms with Crippen molar-refractivity contribution in [3.8, 4) is 0 Å². The largest absolute Gasteiger partial charge is 0.360 e. The van der Waals surface area contributed by atoms with Gasteiger partial charge in [-0.3, -0.25) is 4.79 Å². The molecular weight excluding hydrogens is 260 g/mol. The van der Waals surface area contributed by atoms with Gasteiger partial charge in [-0.25, -0.2) is 0 Å². The molecule has 0 spiro atoms. The predicted molar refractivity (Wildman–Crippen MR) is 77.6 cm³/mol. The molecule has 1 atom stereocenters. The summed E-state index contributed by atoms with van der Waals surface area (Å²) in [5, 5.41) is 12.4. The van der Waals surface area contributed by atoms with Crippen LogP contribution in [0.15, 0.2) is 0 Å². The lowest BCUT2D eigenvalue weighted by Crippen LogP contribution is -2.39. The van der Waals surface area contributed by atoms with Crippen molar-refractivity contribution in [2.24, 2.45) is 5.92 Å². The van der Waals surface area contributed by atoms with Crippen LogP contribution in [-0.2, 0) is 0 Å². The highest BCUT2D eigenvalue weighted by Gasteiger charge is 2.25. The molecule has 0 bridgehead atoms. The van der Waals surface area contributed by atoms with Crippen LogP contribution in [0, 0.1) is 5.92 Å². The number of amides is 1. The SMILES string of the molecule is CCCNc1nnc(C(=O)N2CCCC(CC)C2)s1. The summed E-state index contributed by atoms with van der Waals surface area (Å²) in [6, 6.07) is 0. The highest BCUT2D eigenvalue weighted by Crippen LogP contribution is 2.23. The Balaban J connectivity index is 1.96. The van der Waals surface area contributed by atoms with Gasteiger partial charge in [0, 0.05) is 19.6 Å². The van der Waals surface area contributed by atoms with Crippen LogP contribution in [0.25, 0.3) is 0 Å². The van der Waals surface area contributed by atoms with E-state index < -0.39 is 0 Å². The molecular formula is C13H22N4OS. The number of rotatable bonds is 5. The van der Waals surface area contributed by atoms with E-state index in [4.69, 9.17) is 0 Å². The predicted octanol–water partition coefficient (Wildman–Crippen LogP) is 2.62. The smallest absolute Gasteiger partial charge is 0.284 e. The molecule has 5 nitrogen and oxygen atoms in total. The Bertz CT molecular complexity index is 421. The number of nitrogens with one attached hydrogen (secondary N) is 1. The molecule has 0 aromatic carbocycles. The van der Waals surface area contributed by atoms with Crippen LogP contribution in [0.1, 0.15) is 49.3 Å². The summed E-state index contributed by atoms with van der Waals surface area (Å²) in [5.41, 5.74) is 0. The molecule has 1 fully saturated rings. The zero-order chi connectivity index (χ0) is 13.7. The first kappa shape index (κ1) is 14.2. The third-order valence-electron chi connectivity index (χ3n) is 3.52. The van der Waals surface area contributed by atoms with Crippen LogP contribution in [0.3, 0.4) is 0 Å². The van der Waals surface area contributed by atoms with Gasteiger partial charge in [0.25, 0.3) is 5.91 Å². The van der Waals surface area contributed by atoms with Gasteiger partial charge < -0.3 is 10.2 Å². The van der Waals surface area contributed by atoms with E-state index >= 15 is 0 Å².